The summed E-state index contributed by atoms with van der Waals surface area (Å²) in [5, 5.41) is 12.8. The Morgan fingerprint density at radius 3 is 3.00 bits per heavy atom. The second-order valence-corrected chi connectivity index (χ2v) is 6.50. The van der Waals surface area contributed by atoms with Crippen molar-refractivity contribution in [3.8, 4) is 0 Å². The van der Waals surface area contributed by atoms with Crippen LogP contribution in [0.5, 0.6) is 0 Å². The van der Waals surface area contributed by atoms with Gasteiger partial charge in [-0.3, -0.25) is 9.67 Å². The lowest BCUT2D eigenvalue weighted by Gasteiger charge is -2.11. The number of guanidine groups is 1. The van der Waals surface area contributed by atoms with E-state index < -0.39 is 0 Å². The molecule has 2 heterocycles. The number of nitrogens with zero attached hydrogens (tertiary/aromatic N) is 3. The Labute approximate surface area is 181 Å². The highest BCUT2D eigenvalue weighted by Gasteiger charge is 2.05. The van der Waals surface area contributed by atoms with E-state index in [1.165, 1.54) is 10.9 Å². The van der Waals surface area contributed by atoms with Crippen LogP contribution in [-0.2, 0) is 13.0 Å². The van der Waals surface area contributed by atoms with Crippen LogP contribution in [-0.4, -0.2) is 40.4 Å². The number of aromatic nitrogens is 3. The molecule has 0 radical (unpaired) electrons. The van der Waals surface area contributed by atoms with Gasteiger partial charge in [-0.25, -0.2) is 0 Å². The Morgan fingerprint density at radius 2 is 2.22 bits per heavy atom. The van der Waals surface area contributed by atoms with Crippen LogP contribution < -0.4 is 10.6 Å². The van der Waals surface area contributed by atoms with Crippen molar-refractivity contribution < 1.29 is 0 Å². The molecule has 0 aliphatic heterocycles. The van der Waals surface area contributed by atoms with Crippen molar-refractivity contribution in [3.05, 3.63) is 53.4 Å². The fourth-order valence-electron chi connectivity index (χ4n) is 2.87. The first kappa shape index (κ1) is 21.6. The molecule has 8 heteroatoms. The zero-order chi connectivity index (χ0) is 18.2. The standard InChI is InChI=1S/C19H25ClN6.HI/c1-2-21-19(22-8-3-11-26-12-4-9-25-26)23-10-7-15-14-24-18-6-5-16(20)13-17(15)18;/h4-6,9,12-14,24H,2-3,7-8,10-11H2,1H3,(H2,21,22,23);1H. The molecule has 6 nitrogen and oxygen atoms in total. The van der Waals surface area contributed by atoms with Crippen LogP contribution in [0.1, 0.15) is 18.9 Å². The molecule has 2 aromatic heterocycles. The quantitative estimate of drug-likeness (QED) is 0.191. The summed E-state index contributed by atoms with van der Waals surface area (Å²) in [5.41, 5.74) is 2.37. The lowest BCUT2D eigenvalue weighted by atomic mass is 10.1. The molecule has 0 aliphatic carbocycles. The minimum absolute atomic E-state index is 0. The molecule has 27 heavy (non-hydrogen) atoms. The number of aliphatic imine (C=N–C) groups is 1. The molecule has 0 unspecified atom stereocenters. The zero-order valence-electron chi connectivity index (χ0n) is 15.4. The van der Waals surface area contributed by atoms with Gasteiger partial charge in [0.1, 0.15) is 0 Å². The fraction of sp³-hybridized carbons (Fsp3) is 0.368. The van der Waals surface area contributed by atoms with E-state index in [0.29, 0.717) is 0 Å². The summed E-state index contributed by atoms with van der Waals surface area (Å²) >= 11 is 6.12. The number of aryl methyl sites for hydroxylation is 1. The maximum Gasteiger partial charge on any atom is 0.191 e. The van der Waals surface area contributed by atoms with Gasteiger partial charge in [0.05, 0.1) is 0 Å². The smallest absolute Gasteiger partial charge is 0.191 e. The maximum absolute atomic E-state index is 6.12. The molecule has 0 aliphatic rings. The summed E-state index contributed by atoms with van der Waals surface area (Å²) in [5.74, 6) is 0.853. The highest BCUT2D eigenvalue weighted by molar-refractivity contribution is 14.0. The van der Waals surface area contributed by atoms with Crippen LogP contribution in [0.15, 0.2) is 47.8 Å². The van der Waals surface area contributed by atoms with Crippen molar-refractivity contribution in [2.75, 3.05) is 19.6 Å². The molecule has 0 amide bonds. The SMILES string of the molecule is CCNC(=NCCCn1cccn1)NCCc1c[nH]c2ccc(Cl)cc12.I. The Hall–Kier alpha value is -1.74. The first-order valence-electron chi connectivity index (χ1n) is 9.01. The molecule has 1 aromatic carbocycles. The van der Waals surface area contributed by atoms with E-state index in [2.05, 4.69) is 38.8 Å². The third-order valence-electron chi connectivity index (χ3n) is 4.13. The topological polar surface area (TPSA) is 70.0 Å². The van der Waals surface area contributed by atoms with Crippen LogP contribution in [0, 0.1) is 0 Å². The maximum atomic E-state index is 6.12. The van der Waals surface area contributed by atoms with E-state index in [1.54, 1.807) is 6.20 Å². The van der Waals surface area contributed by atoms with Gasteiger partial charge in [0, 0.05) is 60.7 Å². The second kappa shape index (κ2) is 11.2. The number of halogens is 2. The first-order chi connectivity index (χ1) is 12.8. The number of aromatic amines is 1. The van der Waals surface area contributed by atoms with Crippen molar-refractivity contribution in [2.24, 2.45) is 4.99 Å². The van der Waals surface area contributed by atoms with E-state index in [1.807, 2.05) is 35.1 Å². The number of fused-ring (bicyclic) bond motifs is 1. The minimum atomic E-state index is 0. The van der Waals surface area contributed by atoms with E-state index >= 15 is 0 Å². The summed E-state index contributed by atoms with van der Waals surface area (Å²) in [4.78, 5) is 7.93. The van der Waals surface area contributed by atoms with Gasteiger partial charge in [-0.05, 0) is 49.6 Å². The van der Waals surface area contributed by atoms with E-state index in [9.17, 15) is 0 Å². The minimum Gasteiger partial charge on any atom is -0.361 e. The number of H-pyrrole nitrogens is 1. The van der Waals surface area contributed by atoms with Gasteiger partial charge in [0.15, 0.2) is 5.96 Å². The number of benzene rings is 1. The van der Waals surface area contributed by atoms with Gasteiger partial charge in [-0.2, -0.15) is 5.10 Å². The first-order valence-corrected chi connectivity index (χ1v) is 9.39. The highest BCUT2D eigenvalue weighted by Crippen LogP contribution is 2.22. The van der Waals surface area contributed by atoms with Gasteiger partial charge >= 0.3 is 0 Å². The van der Waals surface area contributed by atoms with Crippen molar-refractivity contribution in [1.29, 1.82) is 0 Å². The average Bonchev–Trinajstić information content (AvgIpc) is 3.28. The Bertz CT molecular complexity index is 843. The molecule has 0 saturated heterocycles. The fourth-order valence-corrected chi connectivity index (χ4v) is 3.04. The molecule has 0 bridgehead atoms. The molecule has 3 aromatic rings. The third kappa shape index (κ3) is 6.42. The van der Waals surface area contributed by atoms with E-state index in [4.69, 9.17) is 11.6 Å². The summed E-state index contributed by atoms with van der Waals surface area (Å²) < 4.78 is 1.93. The number of hydrogen-bond acceptors (Lipinski definition) is 2. The van der Waals surface area contributed by atoms with E-state index in [-0.39, 0.29) is 24.0 Å². The molecule has 3 N–H and O–H groups in total. The predicted molar refractivity (Wildman–Crippen MR) is 123 cm³/mol. The number of hydrogen-bond donors (Lipinski definition) is 3. The lowest BCUT2D eigenvalue weighted by Crippen LogP contribution is -2.38. The molecule has 0 saturated carbocycles. The summed E-state index contributed by atoms with van der Waals surface area (Å²) in [7, 11) is 0. The van der Waals surface area contributed by atoms with Crippen molar-refractivity contribution in [3.63, 3.8) is 0 Å². The van der Waals surface area contributed by atoms with Gasteiger partial charge in [0.25, 0.3) is 0 Å². The second-order valence-electron chi connectivity index (χ2n) is 6.06. The predicted octanol–water partition coefficient (Wildman–Crippen LogP) is 3.82. The molecule has 146 valence electrons. The zero-order valence-corrected chi connectivity index (χ0v) is 18.5. The van der Waals surface area contributed by atoms with Crippen molar-refractivity contribution in [2.45, 2.75) is 26.3 Å². The average molecular weight is 501 g/mol. The van der Waals surface area contributed by atoms with Gasteiger partial charge in [-0.15, -0.1) is 24.0 Å². The number of rotatable bonds is 8. The Kier molecular flexibility index (Phi) is 8.93. The third-order valence-corrected chi connectivity index (χ3v) is 4.37. The van der Waals surface area contributed by atoms with Crippen LogP contribution in [0.2, 0.25) is 5.02 Å². The molecule has 0 atom stereocenters. The molecule has 3 rings (SSSR count). The Morgan fingerprint density at radius 1 is 1.33 bits per heavy atom. The lowest BCUT2D eigenvalue weighted by molar-refractivity contribution is 0.584. The largest absolute Gasteiger partial charge is 0.361 e. The van der Waals surface area contributed by atoms with Gasteiger partial charge < -0.3 is 15.6 Å². The van der Waals surface area contributed by atoms with Crippen LogP contribution in [0.3, 0.4) is 0 Å². The van der Waals surface area contributed by atoms with Crippen LogP contribution >= 0.6 is 35.6 Å². The van der Waals surface area contributed by atoms with Gasteiger partial charge in [-0.1, -0.05) is 11.6 Å². The number of nitrogens with one attached hydrogen (secondary N) is 3. The van der Waals surface area contributed by atoms with Crippen LogP contribution in [0.25, 0.3) is 10.9 Å². The van der Waals surface area contributed by atoms with Gasteiger partial charge in [0.2, 0.25) is 0 Å². The molecule has 0 spiro atoms. The normalized spacial score (nSPS) is 11.4. The summed E-state index contributed by atoms with van der Waals surface area (Å²) in [6.07, 6.45) is 7.68. The molecular weight excluding hydrogens is 475 g/mol. The summed E-state index contributed by atoms with van der Waals surface area (Å²) in [6.45, 7) is 5.37. The van der Waals surface area contributed by atoms with E-state index in [0.717, 1.165) is 55.5 Å². The summed E-state index contributed by atoms with van der Waals surface area (Å²) in [6, 6.07) is 7.87. The molecular formula is C19H26ClIN6. The Balaban J connectivity index is 0.00000261. The van der Waals surface area contributed by atoms with Crippen molar-refractivity contribution in [1.82, 2.24) is 25.4 Å². The van der Waals surface area contributed by atoms with Crippen molar-refractivity contribution >= 4 is 52.4 Å². The molecule has 0 fully saturated rings. The monoisotopic (exact) mass is 500 g/mol. The highest BCUT2D eigenvalue weighted by atomic mass is 127. The van der Waals surface area contributed by atoms with Crippen LogP contribution in [0.4, 0.5) is 0 Å².